The molecule has 1 N–H and O–H groups in total. The maximum Gasteiger partial charge on any atom is 0.210 e. The highest BCUT2D eigenvalue weighted by molar-refractivity contribution is 6.77. The summed E-state index contributed by atoms with van der Waals surface area (Å²) >= 11 is 0. The zero-order valence-corrected chi connectivity index (χ0v) is 12.8. The number of hydrogen-bond acceptors (Lipinski definition) is 2. The average molecular weight is 236 g/mol. The van der Waals surface area contributed by atoms with Crippen molar-refractivity contribution in [1.29, 1.82) is 1.43 Å². The predicted octanol–water partition coefficient (Wildman–Crippen LogP) is 3.81. The molecule has 0 aliphatic carbocycles. The summed E-state index contributed by atoms with van der Waals surface area (Å²) in [5, 5.41) is 3.50. The van der Waals surface area contributed by atoms with Gasteiger partial charge in [0.1, 0.15) is 0 Å². The lowest BCUT2D eigenvalue weighted by Crippen LogP contribution is -2.47. The molecular formula is C12H30O2Si. The molecule has 0 bridgehead atoms. The van der Waals surface area contributed by atoms with E-state index in [-0.39, 0.29) is 0 Å². The fourth-order valence-corrected chi connectivity index (χ4v) is 8.25. The summed E-state index contributed by atoms with van der Waals surface area (Å²) in [6, 6.07) is 0. The summed E-state index contributed by atoms with van der Waals surface area (Å²) in [7, 11) is -0.236. The zero-order valence-electron chi connectivity index (χ0n) is 12.8. The molecule has 0 aliphatic rings. The van der Waals surface area contributed by atoms with Gasteiger partial charge in [-0.05, 0) is 23.5 Å². The van der Waals surface area contributed by atoms with Gasteiger partial charge in [0, 0.05) is 13.7 Å². The van der Waals surface area contributed by atoms with Crippen molar-refractivity contribution in [1.82, 2.24) is 0 Å². The Hall–Kier alpha value is 0.137. The first-order chi connectivity index (χ1) is 7.31. The molecule has 0 saturated heterocycles. The van der Waals surface area contributed by atoms with Gasteiger partial charge in [0.2, 0.25) is 1.43 Å². The fraction of sp³-hybridized carbons (Fsp3) is 1.00. The molecule has 0 aromatic rings. The molecule has 0 aromatic carbocycles. The molecule has 3 heteroatoms. The molecule has 0 unspecified atom stereocenters. The largest absolute Gasteiger partial charge is 0.416 e. The molecular weight excluding hydrogens is 204 g/mol. The molecule has 0 radical (unpaired) electrons. The Morgan fingerprint density at radius 2 is 1.33 bits per heavy atom. The van der Waals surface area contributed by atoms with Gasteiger partial charge in [-0.25, -0.2) is 0 Å². The van der Waals surface area contributed by atoms with E-state index < -0.39 is 8.32 Å². The molecule has 0 spiro atoms. The van der Waals surface area contributed by atoms with Crippen molar-refractivity contribution in [2.24, 2.45) is 0 Å². The van der Waals surface area contributed by atoms with Crippen LogP contribution in [0.4, 0.5) is 0 Å². The van der Waals surface area contributed by atoms with Crippen LogP contribution in [0.15, 0.2) is 0 Å². The Kier molecular flexibility index (Phi) is 8.38. The summed E-state index contributed by atoms with van der Waals surface area (Å²) in [6.07, 6.45) is 0. The van der Waals surface area contributed by atoms with E-state index in [0.29, 0.717) is 16.6 Å². The molecule has 0 fully saturated rings. The molecule has 0 heterocycles. The molecule has 0 rings (SSSR count). The van der Waals surface area contributed by atoms with Crippen molar-refractivity contribution in [3.05, 3.63) is 0 Å². The minimum absolute atomic E-state index is 0.715. The van der Waals surface area contributed by atoms with Crippen molar-refractivity contribution in [3.63, 3.8) is 0 Å². The minimum Gasteiger partial charge on any atom is -0.416 e. The number of aliphatic hydroxyl groups is 1. The van der Waals surface area contributed by atoms with Gasteiger partial charge in [-0.3, -0.25) is 0 Å². The summed E-state index contributed by atoms with van der Waals surface area (Å²) in [5.74, 6) is 0. The van der Waals surface area contributed by atoms with Gasteiger partial charge in [-0.1, -0.05) is 41.5 Å². The first-order valence-electron chi connectivity index (χ1n) is 6.35. The topological polar surface area (TPSA) is 29.5 Å². The fourth-order valence-electron chi connectivity index (χ4n) is 2.75. The summed E-state index contributed by atoms with van der Waals surface area (Å²) in [4.78, 5) is 0. The standard InChI is InChI=1S/C11H26OSi.CH4O/c1-8-12-13(9(2)3,10(4)5)11(6)7;1-2/h9-11H,8H2,1-7H3;2H,1H3/i;2T. The van der Waals surface area contributed by atoms with Crippen LogP contribution in [-0.4, -0.2) is 28.6 Å². The third-order valence-electron chi connectivity index (χ3n) is 3.10. The summed E-state index contributed by atoms with van der Waals surface area (Å²) in [5.41, 5.74) is 2.15. The van der Waals surface area contributed by atoms with E-state index in [2.05, 4.69) is 53.6 Å². The molecule has 0 saturated carbocycles. The Balaban J connectivity index is 0. The maximum atomic E-state index is 6.15. The first kappa shape index (κ1) is 15.1. The van der Waals surface area contributed by atoms with Crippen LogP contribution in [0, 0.1) is 0 Å². The summed E-state index contributed by atoms with van der Waals surface area (Å²) in [6.45, 7) is 16.9. The Morgan fingerprint density at radius 3 is 1.40 bits per heavy atom. The second-order valence-corrected chi connectivity index (χ2v) is 10.2. The van der Waals surface area contributed by atoms with Crippen LogP contribution in [0.2, 0.25) is 16.6 Å². The Labute approximate surface area is 98.7 Å². The highest BCUT2D eigenvalue weighted by Gasteiger charge is 2.44. The Morgan fingerprint density at radius 1 is 1.07 bits per heavy atom. The lowest BCUT2D eigenvalue weighted by molar-refractivity contribution is 0.297. The van der Waals surface area contributed by atoms with Gasteiger partial charge in [0.05, 0.1) is 0 Å². The molecule has 0 aromatic heterocycles. The van der Waals surface area contributed by atoms with E-state index in [0.717, 1.165) is 6.61 Å². The highest BCUT2D eigenvalue weighted by atomic mass is 28.4. The maximum absolute atomic E-state index is 6.15. The van der Waals surface area contributed by atoms with Gasteiger partial charge in [0.25, 0.3) is 0 Å². The minimum atomic E-state index is -1.53. The van der Waals surface area contributed by atoms with E-state index in [1.54, 1.807) is 0 Å². The molecule has 94 valence electrons. The van der Waals surface area contributed by atoms with Crippen molar-refractivity contribution in [2.75, 3.05) is 13.7 Å². The normalized spacial score (nSPS) is 12.9. The van der Waals surface area contributed by atoms with Crippen LogP contribution in [0.5, 0.6) is 0 Å². The van der Waals surface area contributed by atoms with Gasteiger partial charge in [-0.15, -0.1) is 0 Å². The van der Waals surface area contributed by atoms with Crippen LogP contribution in [-0.2, 0) is 4.43 Å². The SMILES string of the molecule is CCO[Si](C(C)C)(C(C)C)C(C)C.[3H]OC. The lowest BCUT2D eigenvalue weighted by Gasteiger charge is -2.41. The quantitative estimate of drug-likeness (QED) is 0.736. The van der Waals surface area contributed by atoms with Crippen molar-refractivity contribution in [3.8, 4) is 0 Å². The lowest BCUT2D eigenvalue weighted by atomic mass is 10.5. The van der Waals surface area contributed by atoms with E-state index in [1.165, 1.54) is 7.11 Å². The molecule has 0 atom stereocenters. The van der Waals surface area contributed by atoms with E-state index in [1.807, 2.05) is 0 Å². The molecule has 2 nitrogen and oxygen atoms in total. The second-order valence-electron chi connectivity index (χ2n) is 4.75. The van der Waals surface area contributed by atoms with Crippen molar-refractivity contribution < 1.29 is 9.53 Å². The summed E-state index contributed by atoms with van der Waals surface area (Å²) < 4.78 is 11.9. The average Bonchev–Trinajstić information content (AvgIpc) is 2.13. The third kappa shape index (κ3) is 4.25. The van der Waals surface area contributed by atoms with Crippen LogP contribution < -0.4 is 0 Å². The van der Waals surface area contributed by atoms with E-state index in [4.69, 9.17) is 5.86 Å². The molecule has 0 amide bonds. The number of hydrogen-bond donors (Lipinski definition) is 1. The smallest absolute Gasteiger partial charge is 0.210 e. The van der Waals surface area contributed by atoms with Crippen molar-refractivity contribution in [2.45, 2.75) is 65.1 Å². The van der Waals surface area contributed by atoms with Gasteiger partial charge in [-0.2, -0.15) is 0 Å². The van der Waals surface area contributed by atoms with E-state index >= 15 is 0 Å². The van der Waals surface area contributed by atoms with Gasteiger partial charge < -0.3 is 9.53 Å². The molecule has 15 heavy (non-hydrogen) atoms. The highest BCUT2D eigenvalue weighted by Crippen LogP contribution is 2.41. The first-order valence-corrected chi connectivity index (χ1v) is 8.08. The van der Waals surface area contributed by atoms with Crippen LogP contribution >= 0.6 is 0 Å². The number of rotatable bonds is 5. The van der Waals surface area contributed by atoms with Gasteiger partial charge >= 0.3 is 0 Å². The molecule has 0 aliphatic heterocycles. The third-order valence-corrected chi connectivity index (χ3v) is 9.30. The van der Waals surface area contributed by atoms with Crippen LogP contribution in [0.25, 0.3) is 0 Å². The van der Waals surface area contributed by atoms with Gasteiger partial charge in [0.15, 0.2) is 8.32 Å². The predicted molar refractivity (Wildman–Crippen MR) is 70.8 cm³/mol. The van der Waals surface area contributed by atoms with E-state index in [9.17, 15) is 0 Å². The Bertz CT molecular complexity index is 139. The monoisotopic (exact) mass is 236 g/mol. The zero-order chi connectivity index (χ0) is 13.4. The van der Waals surface area contributed by atoms with Crippen LogP contribution in [0.1, 0.15) is 48.5 Å². The number of aliphatic hydroxyl groups excluding tert-OH is 1. The van der Waals surface area contributed by atoms with Crippen molar-refractivity contribution >= 4 is 8.32 Å². The second kappa shape index (κ2) is 8.31. The van der Waals surface area contributed by atoms with Crippen LogP contribution in [0.3, 0.4) is 0 Å².